The van der Waals surface area contributed by atoms with Crippen molar-refractivity contribution < 1.29 is 0 Å². The fourth-order valence-corrected chi connectivity index (χ4v) is 8.91. The highest BCUT2D eigenvalue weighted by molar-refractivity contribution is 6.19. The van der Waals surface area contributed by atoms with Crippen molar-refractivity contribution in [3.8, 4) is 39.9 Å². The third-order valence-corrected chi connectivity index (χ3v) is 11.3. The number of nitrogens with zero attached hydrogens (tertiary/aromatic N) is 5. The molecule has 9 aromatic carbocycles. The van der Waals surface area contributed by atoms with Gasteiger partial charge in [-0.15, -0.1) is 0 Å². The number of hydrogen-bond acceptors (Lipinski definition) is 4. The highest BCUT2D eigenvalue weighted by atomic mass is 15.2. The molecular formula is C51H31N5. The predicted molar refractivity (Wildman–Crippen MR) is 231 cm³/mol. The minimum atomic E-state index is 0.578. The molecule has 3 heterocycles. The Kier molecular flexibility index (Phi) is 6.56. The van der Waals surface area contributed by atoms with Crippen LogP contribution in [0, 0.1) is 0 Å². The van der Waals surface area contributed by atoms with E-state index >= 15 is 0 Å². The Bertz CT molecular complexity index is 3330. The van der Waals surface area contributed by atoms with Gasteiger partial charge in [-0.25, -0.2) is 4.98 Å². The Morgan fingerprint density at radius 1 is 0.375 bits per heavy atom. The van der Waals surface area contributed by atoms with Crippen LogP contribution in [0.4, 0.5) is 17.1 Å². The fraction of sp³-hybridized carbons (Fsp3) is 0. The number of fused-ring (bicyclic) bond motifs is 8. The summed E-state index contributed by atoms with van der Waals surface area (Å²) in [5, 5.41) is 9.47. The summed E-state index contributed by atoms with van der Waals surface area (Å²) in [6.07, 6.45) is 0. The topological polar surface area (TPSA) is 46.8 Å². The summed E-state index contributed by atoms with van der Waals surface area (Å²) in [5.41, 5.74) is 9.79. The van der Waals surface area contributed by atoms with E-state index in [0.29, 0.717) is 17.6 Å². The molecule has 260 valence electrons. The van der Waals surface area contributed by atoms with Crippen LogP contribution in [-0.2, 0) is 0 Å². The van der Waals surface area contributed by atoms with Gasteiger partial charge in [-0.3, -0.25) is 4.57 Å². The summed E-state index contributed by atoms with van der Waals surface area (Å²) in [6, 6.07) is 66.8. The van der Waals surface area contributed by atoms with Crippen molar-refractivity contribution in [1.29, 1.82) is 0 Å². The van der Waals surface area contributed by atoms with Crippen LogP contribution in [0.15, 0.2) is 188 Å². The molecule has 0 radical (unpaired) electrons. The Labute approximate surface area is 322 Å². The number of benzene rings is 9. The molecule has 56 heavy (non-hydrogen) atoms. The summed E-state index contributed by atoms with van der Waals surface area (Å²) in [7, 11) is 0. The van der Waals surface area contributed by atoms with Gasteiger partial charge in [0.15, 0.2) is 11.6 Å². The fourth-order valence-electron chi connectivity index (χ4n) is 8.91. The largest absolute Gasteiger partial charge is 0.309 e. The van der Waals surface area contributed by atoms with Crippen LogP contribution in [0.5, 0.6) is 0 Å². The molecule has 2 aromatic heterocycles. The van der Waals surface area contributed by atoms with Crippen molar-refractivity contribution in [2.45, 2.75) is 0 Å². The van der Waals surface area contributed by atoms with Crippen LogP contribution in [0.2, 0.25) is 0 Å². The standard InChI is InChI=1S/C51H31N5/c1-3-20-37-32(13-1)15-10-24-41(37)50-52-49(53-51(54-50)56-43-26-7-5-22-39(43)40-23-6-8-27-44(40)56)35-18-9-19-36(31-35)55-45-28-12-17-34-16-11-25-42(47(34)45)48-38-21-4-2-14-33(38)29-30-46(48)55/h1-31H. The van der Waals surface area contributed by atoms with Crippen molar-refractivity contribution >= 4 is 71.2 Å². The molecule has 0 spiro atoms. The van der Waals surface area contributed by atoms with E-state index in [1.54, 1.807) is 0 Å². The monoisotopic (exact) mass is 713 g/mol. The lowest BCUT2D eigenvalue weighted by molar-refractivity contribution is 0.954. The SMILES string of the molecule is c1cc(-c2nc(-c3cccc4ccccc34)nc(-n3c4ccccc4c4ccccc43)n2)cc(N2c3ccc4ccccc4c3-c3cccc4cccc2c34)c1. The van der Waals surface area contributed by atoms with Gasteiger partial charge in [0.25, 0.3) is 0 Å². The zero-order valence-corrected chi connectivity index (χ0v) is 30.1. The lowest BCUT2D eigenvalue weighted by Gasteiger charge is -2.34. The third kappa shape index (κ3) is 4.52. The van der Waals surface area contributed by atoms with Gasteiger partial charge >= 0.3 is 0 Å². The normalized spacial score (nSPS) is 12.2. The molecular weight excluding hydrogens is 683 g/mol. The van der Waals surface area contributed by atoms with Crippen molar-refractivity contribution in [1.82, 2.24) is 19.5 Å². The quantitative estimate of drug-likeness (QED) is 0.182. The van der Waals surface area contributed by atoms with Gasteiger partial charge in [0, 0.05) is 38.5 Å². The molecule has 1 aliphatic heterocycles. The summed E-state index contributed by atoms with van der Waals surface area (Å²) in [6.45, 7) is 0. The summed E-state index contributed by atoms with van der Waals surface area (Å²) >= 11 is 0. The Hall–Kier alpha value is -7.63. The van der Waals surface area contributed by atoms with E-state index in [1.807, 2.05) is 0 Å². The van der Waals surface area contributed by atoms with Gasteiger partial charge in [-0.05, 0) is 68.9 Å². The van der Waals surface area contributed by atoms with E-state index in [1.165, 1.54) is 32.7 Å². The first-order valence-electron chi connectivity index (χ1n) is 19.0. The molecule has 0 atom stereocenters. The highest BCUT2D eigenvalue weighted by Gasteiger charge is 2.28. The maximum absolute atomic E-state index is 5.32. The van der Waals surface area contributed by atoms with Crippen LogP contribution in [-0.4, -0.2) is 19.5 Å². The average Bonchev–Trinajstić information content (AvgIpc) is 3.60. The van der Waals surface area contributed by atoms with Crippen molar-refractivity contribution in [3.63, 3.8) is 0 Å². The molecule has 0 N–H and O–H groups in total. The van der Waals surface area contributed by atoms with Crippen LogP contribution in [0.25, 0.3) is 94.0 Å². The average molecular weight is 714 g/mol. The van der Waals surface area contributed by atoms with Crippen LogP contribution in [0.3, 0.4) is 0 Å². The summed E-state index contributed by atoms with van der Waals surface area (Å²) in [4.78, 5) is 18.3. The second-order valence-electron chi connectivity index (χ2n) is 14.4. The lowest BCUT2D eigenvalue weighted by Crippen LogP contribution is -2.15. The molecule has 5 nitrogen and oxygen atoms in total. The molecule has 11 aromatic rings. The predicted octanol–water partition coefficient (Wildman–Crippen LogP) is 13.2. The molecule has 0 amide bonds. The van der Waals surface area contributed by atoms with E-state index in [4.69, 9.17) is 15.0 Å². The van der Waals surface area contributed by atoms with Gasteiger partial charge in [0.1, 0.15) is 0 Å². The minimum absolute atomic E-state index is 0.578. The van der Waals surface area contributed by atoms with Gasteiger partial charge in [0.2, 0.25) is 5.95 Å². The van der Waals surface area contributed by atoms with Crippen LogP contribution >= 0.6 is 0 Å². The van der Waals surface area contributed by atoms with Gasteiger partial charge in [-0.1, -0.05) is 152 Å². The first kappa shape index (κ1) is 30.8. The van der Waals surface area contributed by atoms with Crippen molar-refractivity contribution in [2.24, 2.45) is 0 Å². The lowest BCUT2D eigenvalue weighted by atomic mass is 9.87. The molecule has 5 heteroatoms. The minimum Gasteiger partial charge on any atom is -0.309 e. The van der Waals surface area contributed by atoms with Crippen LogP contribution < -0.4 is 4.90 Å². The number of anilines is 3. The molecule has 1 aliphatic rings. The zero-order valence-electron chi connectivity index (χ0n) is 30.1. The first-order valence-corrected chi connectivity index (χ1v) is 19.0. The molecule has 12 rings (SSSR count). The maximum atomic E-state index is 5.32. The second kappa shape index (κ2) is 11.9. The molecule has 0 unspecified atom stereocenters. The Balaban J connectivity index is 1.11. The van der Waals surface area contributed by atoms with Crippen molar-refractivity contribution in [2.75, 3.05) is 4.90 Å². The Morgan fingerprint density at radius 2 is 0.964 bits per heavy atom. The highest BCUT2D eigenvalue weighted by Crippen LogP contribution is 2.53. The van der Waals surface area contributed by atoms with Gasteiger partial charge in [-0.2, -0.15) is 9.97 Å². The van der Waals surface area contributed by atoms with E-state index in [-0.39, 0.29) is 0 Å². The molecule has 0 saturated carbocycles. The zero-order chi connectivity index (χ0) is 36.7. The number of rotatable bonds is 4. The first-order chi connectivity index (χ1) is 27.8. The molecule has 0 aliphatic carbocycles. The number of hydrogen-bond donors (Lipinski definition) is 0. The van der Waals surface area contributed by atoms with E-state index < -0.39 is 0 Å². The van der Waals surface area contributed by atoms with E-state index in [0.717, 1.165) is 60.8 Å². The molecule has 0 fully saturated rings. The van der Waals surface area contributed by atoms with Gasteiger partial charge in [0.05, 0.1) is 22.4 Å². The Morgan fingerprint density at radius 3 is 1.75 bits per heavy atom. The summed E-state index contributed by atoms with van der Waals surface area (Å²) < 4.78 is 2.18. The van der Waals surface area contributed by atoms with Crippen molar-refractivity contribution in [3.05, 3.63) is 188 Å². The molecule has 0 saturated heterocycles. The molecule has 0 bridgehead atoms. The van der Waals surface area contributed by atoms with E-state index in [2.05, 4.69) is 198 Å². The third-order valence-electron chi connectivity index (χ3n) is 11.3. The van der Waals surface area contributed by atoms with Crippen LogP contribution in [0.1, 0.15) is 0 Å². The van der Waals surface area contributed by atoms with E-state index in [9.17, 15) is 0 Å². The maximum Gasteiger partial charge on any atom is 0.238 e. The number of para-hydroxylation sites is 2. The smallest absolute Gasteiger partial charge is 0.238 e. The number of aromatic nitrogens is 4. The second-order valence-corrected chi connectivity index (χ2v) is 14.4. The summed E-state index contributed by atoms with van der Waals surface area (Å²) in [5.74, 6) is 1.81. The van der Waals surface area contributed by atoms with Gasteiger partial charge < -0.3 is 4.90 Å².